The Balaban J connectivity index is 3.90. The van der Waals surface area contributed by atoms with Gasteiger partial charge in [0.15, 0.2) is 0 Å². The highest BCUT2D eigenvalue weighted by atomic mass is 32.7. The second-order valence-corrected chi connectivity index (χ2v) is 31.2. The molecule has 17 heavy (non-hydrogen) atoms. The van der Waals surface area contributed by atoms with Crippen molar-refractivity contribution in [3.05, 3.63) is 0 Å². The maximum absolute atomic E-state index is 3.10. The van der Waals surface area contributed by atoms with Crippen LogP contribution in [-0.4, -0.2) is 37.0 Å². The smallest absolute Gasteiger partial charge is 0.00364 e. The second-order valence-electron chi connectivity index (χ2n) is 3.65. The molecule has 0 bridgehead atoms. The molecule has 0 saturated heterocycles. The summed E-state index contributed by atoms with van der Waals surface area (Å²) in [6, 6.07) is 0. The van der Waals surface area contributed by atoms with Gasteiger partial charge in [-0.2, -0.15) is 0 Å². The molecule has 104 valence electrons. The Morgan fingerprint density at radius 2 is 1.82 bits per heavy atom. The predicted molar refractivity (Wildman–Crippen MR) is 119 cm³/mol. The summed E-state index contributed by atoms with van der Waals surface area (Å²) in [5, 5.41) is 0. The predicted octanol–water partition coefficient (Wildman–Crippen LogP) is 6.83. The summed E-state index contributed by atoms with van der Waals surface area (Å²) >= 11 is 0. The fraction of sp³-hybridized carbons (Fsp3) is 1.00. The average molecular weight is 420 g/mol. The van der Waals surface area contributed by atoms with E-state index in [4.69, 9.17) is 0 Å². The van der Waals surface area contributed by atoms with Gasteiger partial charge in [0.2, 0.25) is 0 Å². The van der Waals surface area contributed by atoms with Crippen molar-refractivity contribution in [2.24, 2.45) is 0 Å². The van der Waals surface area contributed by atoms with Crippen molar-refractivity contribution in [3.63, 3.8) is 0 Å². The van der Waals surface area contributed by atoms with Crippen LogP contribution < -0.4 is 0 Å². The van der Waals surface area contributed by atoms with E-state index in [1.165, 1.54) is 33.0 Å². The van der Waals surface area contributed by atoms with Crippen LogP contribution in [-0.2, 0) is 0 Å². The van der Waals surface area contributed by atoms with Crippen LogP contribution in [0.15, 0.2) is 0 Å². The first-order chi connectivity index (χ1) is 8.01. The lowest BCUT2D eigenvalue weighted by atomic mass is 11.0. The molecule has 0 saturated carbocycles. The molecule has 0 nitrogen and oxygen atoms in total. The number of hydrogen-bond acceptors (Lipinski definition) is 0. The Kier molecular flexibility index (Phi) is 17.5. The van der Waals surface area contributed by atoms with Crippen molar-refractivity contribution < 1.29 is 0 Å². The van der Waals surface area contributed by atoms with Crippen LogP contribution in [0.1, 0.15) is 6.92 Å². The summed E-state index contributed by atoms with van der Waals surface area (Å²) in [6.45, 7) is 4.93. The highest BCUT2D eigenvalue weighted by molar-refractivity contribution is 8.73. The Morgan fingerprint density at radius 3 is 2.24 bits per heavy atom. The van der Waals surface area contributed by atoms with Crippen molar-refractivity contribution in [1.29, 1.82) is 0 Å². The van der Waals surface area contributed by atoms with Crippen LogP contribution in [0.4, 0.5) is 0 Å². The second kappa shape index (κ2) is 13.9. The summed E-state index contributed by atoms with van der Waals surface area (Å²) in [5.41, 5.74) is 0. The Labute approximate surface area is 125 Å². The summed E-state index contributed by atoms with van der Waals surface area (Å²) in [5.74, 6) is 3.05. The van der Waals surface area contributed by atoms with Gasteiger partial charge in [0, 0.05) is 0 Å². The largest absolute Gasteiger partial charge is 0.117 e. The van der Waals surface area contributed by atoms with Gasteiger partial charge in [-0.25, -0.2) is 0 Å². The van der Waals surface area contributed by atoms with Gasteiger partial charge in [-0.3, -0.25) is 0 Å². The van der Waals surface area contributed by atoms with E-state index in [1.54, 1.807) is 5.90 Å². The van der Waals surface area contributed by atoms with E-state index in [0.29, 0.717) is 15.2 Å². The van der Waals surface area contributed by atoms with Gasteiger partial charge in [-0.05, 0) is 43.9 Å². The van der Waals surface area contributed by atoms with E-state index in [2.05, 4.69) is 49.3 Å². The summed E-state index contributed by atoms with van der Waals surface area (Å²) in [4.78, 5) is 0. The molecule has 0 heterocycles. The monoisotopic (exact) mass is 420 g/mol. The highest BCUT2D eigenvalue weighted by Crippen LogP contribution is 2.83. The van der Waals surface area contributed by atoms with Crippen LogP contribution in [0.5, 0.6) is 0 Å². The molecule has 0 aliphatic heterocycles. The lowest BCUT2D eigenvalue weighted by Crippen LogP contribution is -1.88. The summed E-state index contributed by atoms with van der Waals surface area (Å²) in [6.07, 6.45) is 4.47. The van der Waals surface area contributed by atoms with Gasteiger partial charge in [0.05, 0.1) is 0 Å². The first-order valence-corrected chi connectivity index (χ1v) is 22.8. The third kappa shape index (κ3) is 12.5. The molecule has 0 aliphatic rings. The van der Waals surface area contributed by atoms with Crippen LogP contribution in [0.25, 0.3) is 0 Å². The SMILES string of the molecule is CCP(CP(CCPCP(C)P)P(P)P)PP. The Hall–Kier alpha value is 4.30. The average Bonchev–Trinajstić information content (AvgIpc) is 2.27. The first-order valence-electron chi connectivity index (χ1n) is 5.43. The molecule has 0 aromatic rings. The maximum Gasteiger partial charge on any atom is -0.00364 e. The highest BCUT2D eigenvalue weighted by Gasteiger charge is 2.16. The fourth-order valence-corrected chi connectivity index (χ4v) is 28.3. The standard InChI is InChI=1S/C7H26P10/c1-3-15(13-8)7-16(17(10)11)5-4-12-6-14(2)9/h12-13H,3-11H2,1-2H3. The molecule has 0 aromatic carbocycles. The molecule has 9 unspecified atom stereocenters. The molecular weight excluding hydrogens is 394 g/mol. The molecule has 0 amide bonds. The fourth-order valence-electron chi connectivity index (χ4n) is 1.15. The molecule has 10 heteroatoms. The quantitative estimate of drug-likeness (QED) is 0.269. The topological polar surface area (TPSA) is 0 Å². The van der Waals surface area contributed by atoms with Crippen LogP contribution in [0.3, 0.4) is 0 Å². The molecule has 0 aromatic heterocycles. The molecule has 0 rings (SSSR count). The minimum Gasteiger partial charge on any atom is -0.117 e. The zero-order valence-corrected chi connectivity index (χ0v) is 20.8. The van der Waals surface area contributed by atoms with Gasteiger partial charge < -0.3 is 0 Å². The van der Waals surface area contributed by atoms with Crippen molar-refractivity contribution in [2.45, 2.75) is 6.92 Å². The third-order valence-corrected chi connectivity index (χ3v) is 29.1. The lowest BCUT2D eigenvalue weighted by molar-refractivity contribution is 1.50. The van der Waals surface area contributed by atoms with Crippen LogP contribution >= 0.6 is 82.1 Å². The number of rotatable bonds is 10. The van der Waals surface area contributed by atoms with E-state index in [9.17, 15) is 0 Å². The zero-order valence-electron chi connectivity index (χ0n) is 10.6. The molecule has 9 atom stereocenters. The van der Waals surface area contributed by atoms with E-state index < -0.39 is 0 Å². The molecule has 0 aliphatic carbocycles. The van der Waals surface area contributed by atoms with Gasteiger partial charge in [-0.15, -0.1) is 44.3 Å². The normalized spacial score (nSPS) is 18.5. The molecule has 0 N–H and O–H groups in total. The minimum absolute atomic E-state index is 0.174. The van der Waals surface area contributed by atoms with E-state index in [1.807, 2.05) is 0 Å². The van der Waals surface area contributed by atoms with Gasteiger partial charge in [0.25, 0.3) is 0 Å². The van der Waals surface area contributed by atoms with Crippen molar-refractivity contribution in [2.75, 3.05) is 37.0 Å². The van der Waals surface area contributed by atoms with E-state index in [0.717, 1.165) is 7.96 Å². The Bertz CT molecular complexity index is 170. The number of hydrogen-bond donors (Lipinski definition) is 0. The summed E-state index contributed by atoms with van der Waals surface area (Å²) in [7, 11) is 15.5. The van der Waals surface area contributed by atoms with Crippen LogP contribution in [0.2, 0.25) is 0 Å². The van der Waals surface area contributed by atoms with Crippen LogP contribution in [0, 0.1) is 0 Å². The minimum atomic E-state index is 0.174. The molecule has 0 radical (unpaired) electrons. The third-order valence-electron chi connectivity index (χ3n) is 2.13. The van der Waals surface area contributed by atoms with E-state index in [-0.39, 0.29) is 14.6 Å². The Morgan fingerprint density at radius 1 is 1.18 bits per heavy atom. The van der Waals surface area contributed by atoms with Crippen molar-refractivity contribution in [1.82, 2.24) is 0 Å². The molecule has 0 fully saturated rings. The first kappa shape index (κ1) is 21.3. The molecular formula is C7H26P10. The molecule has 0 spiro atoms. The zero-order chi connectivity index (χ0) is 13.3. The van der Waals surface area contributed by atoms with Gasteiger partial charge in [-0.1, -0.05) is 37.7 Å². The van der Waals surface area contributed by atoms with Gasteiger partial charge >= 0.3 is 0 Å². The maximum atomic E-state index is 3.10. The lowest BCUT2D eigenvalue weighted by Gasteiger charge is -2.26. The van der Waals surface area contributed by atoms with Crippen molar-refractivity contribution >= 4 is 82.1 Å². The summed E-state index contributed by atoms with van der Waals surface area (Å²) < 4.78 is 0. The van der Waals surface area contributed by atoms with Gasteiger partial charge in [0.1, 0.15) is 0 Å². The van der Waals surface area contributed by atoms with Crippen molar-refractivity contribution in [3.8, 4) is 0 Å². The van der Waals surface area contributed by atoms with E-state index >= 15 is 0 Å².